The smallest absolute Gasteiger partial charge is 0.325 e. The van der Waals surface area contributed by atoms with Crippen LogP contribution in [0.1, 0.15) is 0 Å². The van der Waals surface area contributed by atoms with Crippen molar-refractivity contribution in [1.29, 1.82) is 0 Å². The number of para-hydroxylation sites is 1. The topological polar surface area (TPSA) is 120 Å². The zero-order chi connectivity index (χ0) is 13.9. The standard InChI is InChI=1S/C10H7N7O2S/c18-8(19)5-17-10(14-15-16-17)20-9-11-6-3-1-2-4-7(6)12-13-9/h1-4H,5H2,(H,18,19). The minimum atomic E-state index is -1.03. The maximum atomic E-state index is 10.7. The molecule has 2 aromatic heterocycles. The van der Waals surface area contributed by atoms with E-state index in [0.29, 0.717) is 21.3 Å². The number of rotatable bonds is 4. The fraction of sp³-hybridized carbons (Fsp3) is 0.100. The average molecular weight is 289 g/mol. The Balaban J connectivity index is 1.89. The number of hydrogen-bond acceptors (Lipinski definition) is 8. The van der Waals surface area contributed by atoms with Crippen LogP contribution in [0.4, 0.5) is 0 Å². The molecule has 3 rings (SSSR count). The van der Waals surface area contributed by atoms with Gasteiger partial charge >= 0.3 is 5.97 Å². The Kier molecular flexibility index (Phi) is 3.21. The van der Waals surface area contributed by atoms with Gasteiger partial charge in [-0.25, -0.2) is 9.67 Å². The Morgan fingerprint density at radius 3 is 2.80 bits per heavy atom. The van der Waals surface area contributed by atoms with Gasteiger partial charge in [-0.15, -0.1) is 15.3 Å². The van der Waals surface area contributed by atoms with Crippen molar-refractivity contribution >= 4 is 28.8 Å². The second-order valence-corrected chi connectivity index (χ2v) is 4.63. The number of tetrazole rings is 1. The van der Waals surface area contributed by atoms with E-state index in [1.807, 2.05) is 18.2 Å². The van der Waals surface area contributed by atoms with Crippen molar-refractivity contribution in [2.45, 2.75) is 16.9 Å². The van der Waals surface area contributed by atoms with Gasteiger partial charge in [0.05, 0.1) is 5.52 Å². The minimum absolute atomic E-state index is 0.296. The van der Waals surface area contributed by atoms with Gasteiger partial charge in [0.15, 0.2) is 0 Å². The van der Waals surface area contributed by atoms with Gasteiger partial charge in [-0.05, 0) is 34.3 Å². The average Bonchev–Trinajstić information content (AvgIpc) is 2.85. The molecule has 1 aromatic carbocycles. The van der Waals surface area contributed by atoms with E-state index >= 15 is 0 Å². The lowest BCUT2D eigenvalue weighted by molar-refractivity contribution is -0.138. The lowest BCUT2D eigenvalue weighted by Crippen LogP contribution is -2.11. The molecule has 0 saturated carbocycles. The van der Waals surface area contributed by atoms with Gasteiger partial charge in [0.1, 0.15) is 12.1 Å². The van der Waals surface area contributed by atoms with Crippen LogP contribution >= 0.6 is 11.8 Å². The Hall–Kier alpha value is -2.62. The lowest BCUT2D eigenvalue weighted by Gasteiger charge is -2.00. The van der Waals surface area contributed by atoms with E-state index in [2.05, 4.69) is 30.7 Å². The molecular formula is C10H7N7O2S. The second-order valence-electron chi connectivity index (χ2n) is 3.70. The fourth-order valence-electron chi connectivity index (χ4n) is 1.49. The molecule has 1 N–H and O–H groups in total. The highest BCUT2D eigenvalue weighted by atomic mass is 32.2. The van der Waals surface area contributed by atoms with Crippen molar-refractivity contribution in [3.05, 3.63) is 24.3 Å². The highest BCUT2D eigenvalue weighted by molar-refractivity contribution is 7.99. The number of hydrogen-bond donors (Lipinski definition) is 1. The summed E-state index contributed by atoms with van der Waals surface area (Å²) >= 11 is 1.06. The van der Waals surface area contributed by atoms with E-state index in [9.17, 15) is 4.79 Å². The highest BCUT2D eigenvalue weighted by Crippen LogP contribution is 2.22. The normalized spacial score (nSPS) is 10.8. The molecule has 0 aliphatic heterocycles. The molecule has 100 valence electrons. The molecule has 3 aromatic rings. The van der Waals surface area contributed by atoms with Crippen LogP contribution < -0.4 is 0 Å². The maximum Gasteiger partial charge on any atom is 0.325 e. The van der Waals surface area contributed by atoms with Crippen molar-refractivity contribution in [2.24, 2.45) is 0 Å². The van der Waals surface area contributed by atoms with Gasteiger partial charge in [0.25, 0.3) is 0 Å². The number of carboxylic acid groups (broad SMARTS) is 1. The third kappa shape index (κ3) is 2.54. The number of aliphatic carboxylic acids is 1. The van der Waals surface area contributed by atoms with E-state index < -0.39 is 5.97 Å². The van der Waals surface area contributed by atoms with Crippen LogP contribution in [0, 0.1) is 0 Å². The number of nitrogens with zero attached hydrogens (tertiary/aromatic N) is 7. The largest absolute Gasteiger partial charge is 0.480 e. The zero-order valence-electron chi connectivity index (χ0n) is 9.91. The molecule has 10 heteroatoms. The quantitative estimate of drug-likeness (QED) is 0.720. The summed E-state index contributed by atoms with van der Waals surface area (Å²) < 4.78 is 1.16. The van der Waals surface area contributed by atoms with Gasteiger partial charge in [-0.2, -0.15) is 0 Å². The first-order valence-corrected chi connectivity index (χ1v) is 6.29. The second kappa shape index (κ2) is 5.17. The Bertz CT molecular complexity index is 775. The molecule has 0 unspecified atom stereocenters. The van der Waals surface area contributed by atoms with Crippen LogP contribution in [-0.4, -0.2) is 46.5 Å². The molecule has 0 fully saturated rings. The first-order chi connectivity index (χ1) is 9.72. The van der Waals surface area contributed by atoms with E-state index in [0.717, 1.165) is 16.4 Å². The molecule has 0 saturated heterocycles. The van der Waals surface area contributed by atoms with Crippen LogP contribution in [0.5, 0.6) is 0 Å². The van der Waals surface area contributed by atoms with Crippen LogP contribution in [0.2, 0.25) is 0 Å². The number of benzene rings is 1. The number of carbonyl (C=O) groups is 1. The van der Waals surface area contributed by atoms with Crippen LogP contribution in [0.15, 0.2) is 34.6 Å². The lowest BCUT2D eigenvalue weighted by atomic mass is 10.3. The predicted octanol–water partition coefficient (Wildman–Crippen LogP) is 0.247. The summed E-state index contributed by atoms with van der Waals surface area (Å²) in [5.41, 5.74) is 1.38. The molecule has 0 radical (unpaired) electrons. The third-order valence-corrected chi connectivity index (χ3v) is 3.14. The molecule has 0 aliphatic carbocycles. The summed E-state index contributed by atoms with van der Waals surface area (Å²) in [4.78, 5) is 15.0. The monoisotopic (exact) mass is 289 g/mol. The molecule has 0 bridgehead atoms. The molecule has 2 heterocycles. The first-order valence-electron chi connectivity index (χ1n) is 5.47. The van der Waals surface area contributed by atoms with Crippen LogP contribution in [-0.2, 0) is 11.3 Å². The van der Waals surface area contributed by atoms with Crippen LogP contribution in [0.25, 0.3) is 11.0 Å². The van der Waals surface area contributed by atoms with E-state index in [-0.39, 0.29) is 6.54 Å². The SMILES string of the molecule is O=C(O)Cn1nnnc1Sc1nnc2ccccc2n1. The summed E-state index contributed by atoms with van der Waals surface area (Å²) in [6.45, 7) is -0.323. The van der Waals surface area contributed by atoms with Gasteiger partial charge in [0.2, 0.25) is 10.3 Å². The number of carboxylic acids is 1. The van der Waals surface area contributed by atoms with Gasteiger partial charge in [0, 0.05) is 0 Å². The molecule has 9 nitrogen and oxygen atoms in total. The molecule has 0 aliphatic rings. The Morgan fingerprint density at radius 1 is 1.20 bits per heavy atom. The summed E-state index contributed by atoms with van der Waals surface area (Å²) in [5.74, 6) is -1.03. The molecule has 0 atom stereocenters. The Labute approximate surface area is 116 Å². The summed E-state index contributed by atoms with van der Waals surface area (Å²) in [5, 5.41) is 28.1. The summed E-state index contributed by atoms with van der Waals surface area (Å²) in [6, 6.07) is 7.31. The number of aromatic nitrogens is 7. The van der Waals surface area contributed by atoms with Crippen molar-refractivity contribution in [3.63, 3.8) is 0 Å². The predicted molar refractivity (Wildman–Crippen MR) is 66.9 cm³/mol. The molecule has 20 heavy (non-hydrogen) atoms. The van der Waals surface area contributed by atoms with Gasteiger partial charge in [-0.3, -0.25) is 4.79 Å². The van der Waals surface area contributed by atoms with Crippen molar-refractivity contribution < 1.29 is 9.90 Å². The summed E-state index contributed by atoms with van der Waals surface area (Å²) in [6.07, 6.45) is 0. The third-order valence-electron chi connectivity index (χ3n) is 2.31. The van der Waals surface area contributed by atoms with Gasteiger partial charge in [-0.1, -0.05) is 12.1 Å². The molecule has 0 amide bonds. The van der Waals surface area contributed by atoms with Crippen molar-refractivity contribution in [1.82, 2.24) is 35.4 Å². The van der Waals surface area contributed by atoms with Crippen LogP contribution in [0.3, 0.4) is 0 Å². The Morgan fingerprint density at radius 2 is 2.00 bits per heavy atom. The van der Waals surface area contributed by atoms with Crippen molar-refractivity contribution in [2.75, 3.05) is 0 Å². The van der Waals surface area contributed by atoms with E-state index in [1.54, 1.807) is 6.07 Å². The zero-order valence-corrected chi connectivity index (χ0v) is 10.7. The minimum Gasteiger partial charge on any atom is -0.480 e. The number of fused-ring (bicyclic) bond motifs is 1. The molecular weight excluding hydrogens is 282 g/mol. The van der Waals surface area contributed by atoms with Crippen molar-refractivity contribution in [3.8, 4) is 0 Å². The molecule has 0 spiro atoms. The van der Waals surface area contributed by atoms with E-state index in [1.165, 1.54) is 0 Å². The van der Waals surface area contributed by atoms with E-state index in [4.69, 9.17) is 5.11 Å². The van der Waals surface area contributed by atoms with Gasteiger partial charge < -0.3 is 5.11 Å². The first kappa shape index (κ1) is 12.4. The summed E-state index contributed by atoms with van der Waals surface area (Å²) in [7, 11) is 0. The maximum absolute atomic E-state index is 10.7. The fourth-order valence-corrected chi connectivity index (χ4v) is 2.16. The highest BCUT2D eigenvalue weighted by Gasteiger charge is 2.13.